The van der Waals surface area contributed by atoms with Crippen LogP contribution in [0.4, 0.5) is 14.5 Å². The minimum absolute atomic E-state index is 0.0304. The summed E-state index contributed by atoms with van der Waals surface area (Å²) in [6, 6.07) is 14.6. The normalized spacial score (nSPS) is 10.6. The predicted molar refractivity (Wildman–Crippen MR) is 106 cm³/mol. The lowest BCUT2D eigenvalue weighted by atomic mass is 10.1. The zero-order chi connectivity index (χ0) is 20.6. The summed E-state index contributed by atoms with van der Waals surface area (Å²) in [5.74, 6) is -3.61. The van der Waals surface area contributed by atoms with E-state index in [2.05, 4.69) is 20.6 Å². The molecule has 0 radical (unpaired) electrons. The lowest BCUT2D eigenvalue weighted by Crippen LogP contribution is -2.23. The van der Waals surface area contributed by atoms with Gasteiger partial charge >= 0.3 is 0 Å². The average Bonchev–Trinajstić information content (AvgIpc) is 2.73. The number of anilines is 1. The van der Waals surface area contributed by atoms with Crippen molar-refractivity contribution in [1.29, 1.82) is 0 Å². The third kappa shape index (κ3) is 5.82. The average molecular weight is 414 g/mol. The van der Waals surface area contributed by atoms with E-state index in [1.807, 2.05) is 6.07 Å². The van der Waals surface area contributed by atoms with Gasteiger partial charge in [-0.05, 0) is 54.2 Å². The number of pyridine rings is 2. The van der Waals surface area contributed by atoms with E-state index < -0.39 is 11.7 Å². The molecule has 0 aliphatic rings. The molecule has 0 atom stereocenters. The van der Waals surface area contributed by atoms with Crippen LogP contribution >= 0.6 is 11.8 Å². The molecule has 3 aromatic rings. The van der Waals surface area contributed by atoms with E-state index in [1.54, 1.807) is 36.5 Å². The Balaban J connectivity index is 1.68. The van der Waals surface area contributed by atoms with Crippen molar-refractivity contribution in [1.82, 2.24) is 15.3 Å². The Kier molecular flexibility index (Phi) is 6.85. The molecule has 0 aliphatic heterocycles. The van der Waals surface area contributed by atoms with Gasteiger partial charge in [0.15, 0.2) is 0 Å². The standard InChI is InChI=1S/C20H16F2N4O2S/c21-20(22)29-19-16(8-4-10-24-19)18(28)26-14-7-3-5-13(11-14)17(27)25-12-15-6-1-2-9-23-15/h1-11,20H,12H2,(H,25,27)(H,26,28). The number of carbonyl (C=O) groups excluding carboxylic acids is 2. The monoisotopic (exact) mass is 414 g/mol. The summed E-state index contributed by atoms with van der Waals surface area (Å²) in [5.41, 5.74) is 1.44. The number of thioether (sulfide) groups is 1. The molecule has 1 aromatic carbocycles. The number of rotatable bonds is 7. The number of hydrogen-bond donors (Lipinski definition) is 2. The summed E-state index contributed by atoms with van der Waals surface area (Å²) in [4.78, 5) is 32.8. The van der Waals surface area contributed by atoms with Crippen LogP contribution < -0.4 is 10.6 Å². The highest BCUT2D eigenvalue weighted by molar-refractivity contribution is 7.99. The van der Waals surface area contributed by atoms with E-state index in [4.69, 9.17) is 0 Å². The van der Waals surface area contributed by atoms with Crippen LogP contribution in [0, 0.1) is 0 Å². The van der Waals surface area contributed by atoms with Crippen LogP contribution in [-0.2, 0) is 6.54 Å². The molecular formula is C20H16F2N4O2S. The van der Waals surface area contributed by atoms with E-state index in [1.165, 1.54) is 24.4 Å². The van der Waals surface area contributed by atoms with Crippen LogP contribution in [0.2, 0.25) is 0 Å². The molecule has 29 heavy (non-hydrogen) atoms. The second-order valence-electron chi connectivity index (χ2n) is 5.77. The van der Waals surface area contributed by atoms with Gasteiger partial charge in [0.2, 0.25) is 0 Å². The fourth-order valence-corrected chi connectivity index (χ4v) is 3.03. The Morgan fingerprint density at radius 1 is 0.966 bits per heavy atom. The molecule has 0 bridgehead atoms. The SMILES string of the molecule is O=C(NCc1ccccn1)c1cccc(NC(=O)c2cccnc2SC(F)F)c1. The fourth-order valence-electron chi connectivity index (χ4n) is 2.45. The number of benzene rings is 1. The van der Waals surface area contributed by atoms with Gasteiger partial charge in [-0.3, -0.25) is 14.6 Å². The largest absolute Gasteiger partial charge is 0.346 e. The Labute approximate surface area is 169 Å². The van der Waals surface area contributed by atoms with Crippen molar-refractivity contribution in [3.8, 4) is 0 Å². The molecular weight excluding hydrogens is 398 g/mol. The van der Waals surface area contributed by atoms with Crippen molar-refractivity contribution in [3.63, 3.8) is 0 Å². The second kappa shape index (κ2) is 9.74. The van der Waals surface area contributed by atoms with Gasteiger partial charge in [-0.25, -0.2) is 4.98 Å². The van der Waals surface area contributed by atoms with Crippen LogP contribution in [0.15, 0.2) is 72.0 Å². The van der Waals surface area contributed by atoms with E-state index in [9.17, 15) is 18.4 Å². The minimum atomic E-state index is -2.69. The number of alkyl halides is 2. The second-order valence-corrected chi connectivity index (χ2v) is 6.75. The first-order valence-corrected chi connectivity index (χ1v) is 9.40. The Hall–Kier alpha value is -3.33. The number of aromatic nitrogens is 2. The highest BCUT2D eigenvalue weighted by atomic mass is 32.2. The maximum Gasteiger partial charge on any atom is 0.290 e. The summed E-state index contributed by atoms with van der Waals surface area (Å²) in [7, 11) is 0. The van der Waals surface area contributed by atoms with Gasteiger partial charge in [-0.2, -0.15) is 8.78 Å². The van der Waals surface area contributed by atoms with Gasteiger partial charge in [-0.1, -0.05) is 12.1 Å². The highest BCUT2D eigenvalue weighted by Crippen LogP contribution is 2.26. The van der Waals surface area contributed by atoms with Crippen molar-refractivity contribution in [2.45, 2.75) is 17.3 Å². The first kappa shape index (κ1) is 20.4. The van der Waals surface area contributed by atoms with Crippen molar-refractivity contribution >= 4 is 29.3 Å². The van der Waals surface area contributed by atoms with Crippen molar-refractivity contribution in [2.75, 3.05) is 5.32 Å². The molecule has 2 aromatic heterocycles. The number of carbonyl (C=O) groups is 2. The number of hydrogen-bond acceptors (Lipinski definition) is 5. The number of halogens is 2. The number of nitrogens with zero attached hydrogens (tertiary/aromatic N) is 2. The zero-order valence-electron chi connectivity index (χ0n) is 15.0. The molecule has 2 heterocycles. The maximum absolute atomic E-state index is 12.7. The summed E-state index contributed by atoms with van der Waals surface area (Å²) in [6.07, 6.45) is 2.98. The van der Waals surface area contributed by atoms with Gasteiger partial charge < -0.3 is 10.6 Å². The summed E-state index contributed by atoms with van der Waals surface area (Å²) >= 11 is 0.201. The summed E-state index contributed by atoms with van der Waals surface area (Å²) in [5, 5.41) is 5.29. The highest BCUT2D eigenvalue weighted by Gasteiger charge is 2.17. The smallest absolute Gasteiger partial charge is 0.290 e. The topological polar surface area (TPSA) is 84.0 Å². The van der Waals surface area contributed by atoms with Gasteiger partial charge in [-0.15, -0.1) is 0 Å². The van der Waals surface area contributed by atoms with Gasteiger partial charge in [0.25, 0.3) is 17.6 Å². The molecule has 0 fully saturated rings. The zero-order valence-corrected chi connectivity index (χ0v) is 15.8. The molecule has 0 saturated heterocycles. The molecule has 3 rings (SSSR count). The van der Waals surface area contributed by atoms with Crippen LogP contribution in [0.1, 0.15) is 26.4 Å². The van der Waals surface area contributed by atoms with Crippen LogP contribution in [0.25, 0.3) is 0 Å². The summed E-state index contributed by atoms with van der Waals surface area (Å²) < 4.78 is 25.3. The quantitative estimate of drug-likeness (QED) is 0.572. The van der Waals surface area contributed by atoms with Crippen LogP contribution in [0.3, 0.4) is 0 Å². The third-order valence-corrected chi connectivity index (χ3v) is 4.48. The number of amides is 2. The summed E-state index contributed by atoms with van der Waals surface area (Å²) in [6.45, 7) is 0.264. The molecule has 0 unspecified atom stereocenters. The lowest BCUT2D eigenvalue weighted by Gasteiger charge is -2.10. The molecule has 0 spiro atoms. The lowest BCUT2D eigenvalue weighted by molar-refractivity contribution is 0.0949. The fraction of sp³-hybridized carbons (Fsp3) is 0.100. The molecule has 2 amide bonds. The van der Waals surface area contributed by atoms with Gasteiger partial charge in [0.1, 0.15) is 5.03 Å². The van der Waals surface area contributed by atoms with Crippen LogP contribution in [0.5, 0.6) is 0 Å². The Morgan fingerprint density at radius 2 is 1.79 bits per heavy atom. The third-order valence-electron chi connectivity index (χ3n) is 3.76. The molecule has 6 nitrogen and oxygen atoms in total. The van der Waals surface area contributed by atoms with E-state index in [-0.39, 0.29) is 34.8 Å². The first-order chi connectivity index (χ1) is 14.0. The molecule has 2 N–H and O–H groups in total. The van der Waals surface area contributed by atoms with Crippen molar-refractivity contribution in [2.24, 2.45) is 0 Å². The molecule has 0 aliphatic carbocycles. The molecule has 9 heteroatoms. The van der Waals surface area contributed by atoms with E-state index >= 15 is 0 Å². The van der Waals surface area contributed by atoms with E-state index in [0.29, 0.717) is 16.9 Å². The van der Waals surface area contributed by atoms with Crippen LogP contribution in [-0.4, -0.2) is 27.5 Å². The molecule has 0 saturated carbocycles. The minimum Gasteiger partial charge on any atom is -0.346 e. The first-order valence-electron chi connectivity index (χ1n) is 8.52. The maximum atomic E-state index is 12.7. The Bertz CT molecular complexity index is 1000. The van der Waals surface area contributed by atoms with Gasteiger partial charge in [0, 0.05) is 23.6 Å². The van der Waals surface area contributed by atoms with E-state index in [0.717, 1.165) is 0 Å². The number of nitrogens with one attached hydrogen (secondary N) is 2. The predicted octanol–water partition coefficient (Wildman–Crippen LogP) is 3.97. The molecule has 148 valence electrons. The Morgan fingerprint density at radius 3 is 2.55 bits per heavy atom. The van der Waals surface area contributed by atoms with Gasteiger partial charge in [0.05, 0.1) is 17.8 Å². The van der Waals surface area contributed by atoms with Crippen molar-refractivity contribution in [3.05, 3.63) is 83.8 Å². The van der Waals surface area contributed by atoms with Crippen molar-refractivity contribution < 1.29 is 18.4 Å².